The zero-order chi connectivity index (χ0) is 17.2. The average Bonchev–Trinajstić information content (AvgIpc) is 3.19. The van der Waals surface area contributed by atoms with Crippen LogP contribution in [0.1, 0.15) is 29.8 Å². The molecule has 0 atom stereocenters. The third kappa shape index (κ3) is 4.67. The number of aromatic amines is 1. The van der Waals surface area contributed by atoms with Crippen LogP contribution in [-0.2, 0) is 6.54 Å². The Kier molecular flexibility index (Phi) is 6.52. The maximum Gasteiger partial charge on any atom is 0.271 e. The molecule has 0 aliphatic rings. The lowest BCUT2D eigenvalue weighted by Gasteiger charge is -2.22. The van der Waals surface area contributed by atoms with Crippen molar-refractivity contribution >= 4 is 11.9 Å². The molecule has 0 saturated carbocycles. The standard InChI is InChI=1S/C16H15N5O.C2H6/c22-15(14-7-4-8-17-11-14)20-21(16-18-9-10-19-16)12-13-5-2-1-3-6-13;1-2/h1-11H,12H2,(H,18,19)(H,20,22);1-2H3. The van der Waals surface area contributed by atoms with Crippen molar-refractivity contribution in [1.82, 2.24) is 20.4 Å². The SMILES string of the molecule is CC.O=C(NN(Cc1ccccc1)c1ncc[nH]1)c1cccnc1. The fourth-order valence-electron chi connectivity index (χ4n) is 2.02. The predicted molar refractivity (Wildman–Crippen MR) is 94.3 cm³/mol. The lowest BCUT2D eigenvalue weighted by molar-refractivity contribution is 0.0947. The van der Waals surface area contributed by atoms with Gasteiger partial charge in [-0.15, -0.1) is 0 Å². The molecule has 2 aromatic heterocycles. The van der Waals surface area contributed by atoms with Gasteiger partial charge in [0.2, 0.25) is 5.95 Å². The van der Waals surface area contributed by atoms with Gasteiger partial charge in [0, 0.05) is 24.8 Å². The highest BCUT2D eigenvalue weighted by Crippen LogP contribution is 2.10. The molecule has 24 heavy (non-hydrogen) atoms. The number of aromatic nitrogens is 3. The first-order valence-corrected chi connectivity index (χ1v) is 7.85. The molecule has 1 aromatic carbocycles. The molecule has 0 spiro atoms. The number of carbonyl (C=O) groups excluding carboxylic acids is 1. The van der Waals surface area contributed by atoms with Crippen molar-refractivity contribution in [2.45, 2.75) is 20.4 Å². The van der Waals surface area contributed by atoms with Crippen molar-refractivity contribution in [3.8, 4) is 0 Å². The number of nitrogens with one attached hydrogen (secondary N) is 2. The highest BCUT2D eigenvalue weighted by atomic mass is 16.2. The van der Waals surface area contributed by atoms with E-state index in [9.17, 15) is 4.79 Å². The Hall–Kier alpha value is -3.15. The number of amides is 1. The van der Waals surface area contributed by atoms with Crippen LogP contribution in [0, 0.1) is 0 Å². The number of hydrogen-bond donors (Lipinski definition) is 2. The van der Waals surface area contributed by atoms with Gasteiger partial charge < -0.3 is 4.98 Å². The van der Waals surface area contributed by atoms with Crippen LogP contribution < -0.4 is 10.4 Å². The second-order valence-electron chi connectivity index (χ2n) is 4.67. The second kappa shape index (κ2) is 9.09. The van der Waals surface area contributed by atoms with Crippen LogP contribution in [0.5, 0.6) is 0 Å². The molecular weight excluding hydrogens is 302 g/mol. The summed E-state index contributed by atoms with van der Waals surface area (Å²) in [4.78, 5) is 23.5. The van der Waals surface area contributed by atoms with Crippen molar-refractivity contribution < 1.29 is 4.79 Å². The molecular formula is C18H21N5O. The van der Waals surface area contributed by atoms with Gasteiger partial charge in [-0.2, -0.15) is 0 Å². The molecule has 0 unspecified atom stereocenters. The van der Waals surface area contributed by atoms with E-state index in [0.29, 0.717) is 18.1 Å². The number of hydrogen-bond acceptors (Lipinski definition) is 4. The number of imidazole rings is 1. The molecule has 0 aliphatic carbocycles. The van der Waals surface area contributed by atoms with E-state index in [-0.39, 0.29) is 5.91 Å². The first-order chi connectivity index (χ1) is 11.8. The number of carbonyl (C=O) groups is 1. The van der Waals surface area contributed by atoms with E-state index >= 15 is 0 Å². The molecule has 1 amide bonds. The van der Waals surface area contributed by atoms with Crippen LogP contribution in [-0.4, -0.2) is 20.9 Å². The minimum Gasteiger partial charge on any atom is -0.330 e. The first kappa shape index (κ1) is 17.2. The molecule has 0 radical (unpaired) electrons. The van der Waals surface area contributed by atoms with E-state index in [1.165, 1.54) is 6.20 Å². The van der Waals surface area contributed by atoms with Gasteiger partial charge in [-0.1, -0.05) is 44.2 Å². The van der Waals surface area contributed by atoms with Crippen molar-refractivity contribution in [3.63, 3.8) is 0 Å². The van der Waals surface area contributed by atoms with E-state index in [1.54, 1.807) is 35.7 Å². The average molecular weight is 323 g/mol. The van der Waals surface area contributed by atoms with Gasteiger partial charge in [-0.3, -0.25) is 15.2 Å². The number of anilines is 1. The highest BCUT2D eigenvalue weighted by molar-refractivity contribution is 5.94. The summed E-state index contributed by atoms with van der Waals surface area (Å²) in [6, 6.07) is 13.3. The zero-order valence-electron chi connectivity index (χ0n) is 13.8. The van der Waals surface area contributed by atoms with Gasteiger partial charge in [0.1, 0.15) is 0 Å². The molecule has 124 valence electrons. The lowest BCUT2D eigenvalue weighted by atomic mass is 10.2. The largest absolute Gasteiger partial charge is 0.330 e. The van der Waals surface area contributed by atoms with Crippen LogP contribution in [0.2, 0.25) is 0 Å². The number of pyridine rings is 1. The summed E-state index contributed by atoms with van der Waals surface area (Å²) < 4.78 is 0. The van der Waals surface area contributed by atoms with Crippen LogP contribution >= 0.6 is 0 Å². The Morgan fingerprint density at radius 1 is 1.12 bits per heavy atom. The Morgan fingerprint density at radius 2 is 1.92 bits per heavy atom. The van der Waals surface area contributed by atoms with E-state index in [2.05, 4.69) is 20.4 Å². The molecule has 3 rings (SSSR count). The molecule has 0 aliphatic heterocycles. The van der Waals surface area contributed by atoms with Crippen molar-refractivity contribution in [3.05, 3.63) is 78.4 Å². The van der Waals surface area contributed by atoms with Crippen LogP contribution in [0.15, 0.2) is 67.3 Å². The lowest BCUT2D eigenvalue weighted by Crippen LogP contribution is -2.42. The van der Waals surface area contributed by atoms with Crippen LogP contribution in [0.4, 0.5) is 5.95 Å². The first-order valence-electron chi connectivity index (χ1n) is 7.85. The number of hydrazine groups is 1. The molecule has 0 bridgehead atoms. The summed E-state index contributed by atoms with van der Waals surface area (Å²) in [5.74, 6) is 0.335. The molecule has 3 aromatic rings. The minimum atomic E-state index is -0.236. The predicted octanol–water partition coefficient (Wildman–Crippen LogP) is 3.18. The molecule has 6 heteroatoms. The summed E-state index contributed by atoms with van der Waals surface area (Å²) in [5.41, 5.74) is 4.40. The summed E-state index contributed by atoms with van der Waals surface area (Å²) in [5, 5.41) is 1.67. The quantitative estimate of drug-likeness (QED) is 0.707. The molecule has 6 nitrogen and oxygen atoms in total. The maximum absolute atomic E-state index is 12.3. The molecule has 0 fully saturated rings. The third-order valence-corrected chi connectivity index (χ3v) is 3.08. The Balaban J connectivity index is 0.00000100. The summed E-state index contributed by atoms with van der Waals surface area (Å²) in [6.45, 7) is 4.50. The van der Waals surface area contributed by atoms with Crippen LogP contribution in [0.3, 0.4) is 0 Å². The Labute approximate surface area is 141 Å². The summed E-state index contributed by atoms with van der Waals surface area (Å²) in [7, 11) is 0. The van der Waals surface area contributed by atoms with Gasteiger partial charge in [0.25, 0.3) is 5.91 Å². The number of rotatable bonds is 5. The second-order valence-corrected chi connectivity index (χ2v) is 4.67. The van der Waals surface area contributed by atoms with Crippen molar-refractivity contribution in [1.29, 1.82) is 0 Å². The van der Waals surface area contributed by atoms with E-state index in [4.69, 9.17) is 0 Å². The molecule has 2 heterocycles. The fourth-order valence-corrected chi connectivity index (χ4v) is 2.02. The van der Waals surface area contributed by atoms with E-state index in [0.717, 1.165) is 5.56 Å². The fraction of sp³-hybridized carbons (Fsp3) is 0.167. The smallest absolute Gasteiger partial charge is 0.271 e. The van der Waals surface area contributed by atoms with Crippen molar-refractivity contribution in [2.75, 3.05) is 5.01 Å². The maximum atomic E-state index is 12.3. The zero-order valence-corrected chi connectivity index (χ0v) is 13.8. The molecule has 2 N–H and O–H groups in total. The number of benzene rings is 1. The van der Waals surface area contributed by atoms with Gasteiger partial charge in [-0.25, -0.2) is 9.99 Å². The van der Waals surface area contributed by atoms with Gasteiger partial charge in [0.15, 0.2) is 0 Å². The number of H-pyrrole nitrogens is 1. The number of nitrogens with zero attached hydrogens (tertiary/aromatic N) is 3. The van der Waals surface area contributed by atoms with Gasteiger partial charge >= 0.3 is 0 Å². The Morgan fingerprint density at radius 3 is 2.54 bits per heavy atom. The highest BCUT2D eigenvalue weighted by Gasteiger charge is 2.14. The summed E-state index contributed by atoms with van der Waals surface area (Å²) in [6.07, 6.45) is 6.51. The minimum absolute atomic E-state index is 0.236. The topological polar surface area (TPSA) is 73.9 Å². The van der Waals surface area contributed by atoms with E-state index in [1.807, 2.05) is 44.2 Å². The normalized spacial score (nSPS) is 9.58. The van der Waals surface area contributed by atoms with Crippen LogP contribution in [0.25, 0.3) is 0 Å². The van der Waals surface area contributed by atoms with Gasteiger partial charge in [0.05, 0.1) is 12.1 Å². The monoisotopic (exact) mass is 323 g/mol. The van der Waals surface area contributed by atoms with E-state index < -0.39 is 0 Å². The Bertz CT molecular complexity index is 714. The summed E-state index contributed by atoms with van der Waals surface area (Å²) >= 11 is 0. The van der Waals surface area contributed by atoms with Crippen molar-refractivity contribution in [2.24, 2.45) is 0 Å². The molecule has 0 saturated heterocycles. The van der Waals surface area contributed by atoms with Gasteiger partial charge in [-0.05, 0) is 17.7 Å². The third-order valence-electron chi connectivity index (χ3n) is 3.08.